The zero-order valence-corrected chi connectivity index (χ0v) is 13.6. The first-order chi connectivity index (χ1) is 8.86. The van der Waals surface area contributed by atoms with E-state index < -0.39 is 0 Å². The van der Waals surface area contributed by atoms with Crippen LogP contribution in [0, 0.1) is 28.6 Å². The van der Waals surface area contributed by atoms with Crippen molar-refractivity contribution in [3.63, 3.8) is 0 Å². The second kappa shape index (κ2) is 4.48. The molecule has 5 unspecified atom stereocenters. The monoisotopic (exact) mass is 263 g/mol. The zero-order valence-electron chi connectivity index (χ0n) is 13.6. The number of fused-ring (bicyclic) bond motifs is 2. The van der Waals surface area contributed by atoms with Crippen LogP contribution >= 0.6 is 0 Å². The maximum atomic E-state index is 4.14. The summed E-state index contributed by atoms with van der Waals surface area (Å²) in [5, 5.41) is 4.14. The minimum absolute atomic E-state index is 0.536. The first-order valence-electron chi connectivity index (χ1n) is 8.62. The van der Waals surface area contributed by atoms with Crippen molar-refractivity contribution in [3.05, 3.63) is 0 Å². The molecule has 0 aromatic rings. The molecule has 3 aliphatic rings. The Labute approximate surface area is 119 Å². The highest BCUT2D eigenvalue weighted by Gasteiger charge is 2.61. The van der Waals surface area contributed by atoms with Crippen LogP contribution in [0.25, 0.3) is 0 Å². The lowest BCUT2D eigenvalue weighted by Crippen LogP contribution is -2.53. The van der Waals surface area contributed by atoms with Crippen LogP contribution in [0.15, 0.2) is 0 Å². The molecule has 0 heterocycles. The highest BCUT2D eigenvalue weighted by molar-refractivity contribution is 5.13. The van der Waals surface area contributed by atoms with Gasteiger partial charge in [-0.25, -0.2) is 0 Å². The molecule has 0 aromatic carbocycles. The van der Waals surface area contributed by atoms with Crippen molar-refractivity contribution in [2.45, 2.75) is 85.2 Å². The van der Waals surface area contributed by atoms with Gasteiger partial charge in [0, 0.05) is 12.1 Å². The highest BCUT2D eigenvalue weighted by atomic mass is 15.0. The number of rotatable bonds is 2. The molecule has 0 spiro atoms. The van der Waals surface area contributed by atoms with Crippen LogP contribution in [0.5, 0.6) is 0 Å². The maximum absolute atomic E-state index is 4.14. The maximum Gasteiger partial charge on any atom is 0.0132 e. The van der Waals surface area contributed by atoms with Crippen molar-refractivity contribution in [1.82, 2.24) is 5.32 Å². The fourth-order valence-electron chi connectivity index (χ4n) is 5.70. The van der Waals surface area contributed by atoms with E-state index in [1.807, 2.05) is 0 Å². The molecule has 0 amide bonds. The van der Waals surface area contributed by atoms with E-state index in [0.717, 1.165) is 29.8 Å². The molecular weight excluding hydrogens is 230 g/mol. The molecule has 1 nitrogen and oxygen atoms in total. The van der Waals surface area contributed by atoms with Gasteiger partial charge >= 0.3 is 0 Å². The van der Waals surface area contributed by atoms with E-state index in [2.05, 4.69) is 39.9 Å². The normalized spacial score (nSPS) is 52.6. The Balaban J connectivity index is 1.74. The van der Waals surface area contributed by atoms with Crippen molar-refractivity contribution in [3.8, 4) is 0 Å². The lowest BCUT2D eigenvalue weighted by molar-refractivity contribution is 0.0925. The van der Waals surface area contributed by atoms with Crippen molar-refractivity contribution in [2.75, 3.05) is 0 Å². The van der Waals surface area contributed by atoms with Crippen molar-refractivity contribution in [1.29, 1.82) is 0 Å². The van der Waals surface area contributed by atoms with Crippen LogP contribution in [0.3, 0.4) is 0 Å². The van der Waals surface area contributed by atoms with Gasteiger partial charge in [-0.15, -0.1) is 0 Å². The van der Waals surface area contributed by atoms with Gasteiger partial charge in [-0.1, -0.05) is 41.0 Å². The van der Waals surface area contributed by atoms with Crippen LogP contribution in [-0.4, -0.2) is 12.1 Å². The highest BCUT2D eigenvalue weighted by Crippen LogP contribution is 2.65. The van der Waals surface area contributed by atoms with Crippen LogP contribution in [-0.2, 0) is 0 Å². The van der Waals surface area contributed by atoms with Gasteiger partial charge in [-0.05, 0) is 60.7 Å². The van der Waals surface area contributed by atoms with E-state index in [4.69, 9.17) is 0 Å². The van der Waals surface area contributed by atoms with Crippen molar-refractivity contribution >= 4 is 0 Å². The molecule has 0 aromatic heterocycles. The molecule has 5 atom stereocenters. The Kier molecular flexibility index (Phi) is 3.28. The molecule has 1 heteroatoms. The summed E-state index contributed by atoms with van der Waals surface area (Å²) < 4.78 is 0. The van der Waals surface area contributed by atoms with Crippen molar-refractivity contribution in [2.24, 2.45) is 28.6 Å². The second-order valence-corrected chi connectivity index (χ2v) is 8.74. The van der Waals surface area contributed by atoms with Gasteiger partial charge in [0.1, 0.15) is 0 Å². The number of nitrogens with one attached hydrogen (secondary N) is 1. The molecule has 3 rings (SSSR count). The van der Waals surface area contributed by atoms with Crippen molar-refractivity contribution < 1.29 is 0 Å². The standard InChI is InChI=1S/C18H33N/c1-12-7-6-8-13(2)16(12)19-15-11-14-9-10-18(15,5)17(14,3)4/h12-16,19H,6-11H2,1-5H3. The minimum atomic E-state index is 0.536. The fourth-order valence-corrected chi connectivity index (χ4v) is 5.70. The second-order valence-electron chi connectivity index (χ2n) is 8.74. The molecule has 19 heavy (non-hydrogen) atoms. The summed E-state index contributed by atoms with van der Waals surface area (Å²) in [6.45, 7) is 12.6. The average molecular weight is 263 g/mol. The van der Waals surface area contributed by atoms with Crippen LogP contribution in [0.1, 0.15) is 73.1 Å². The quantitative estimate of drug-likeness (QED) is 0.767. The Morgan fingerprint density at radius 3 is 2.05 bits per heavy atom. The lowest BCUT2D eigenvalue weighted by atomic mass is 9.68. The zero-order chi connectivity index (χ0) is 13.8. The van der Waals surface area contributed by atoms with Crippen LogP contribution in [0.4, 0.5) is 0 Å². The van der Waals surface area contributed by atoms with Crippen LogP contribution in [0.2, 0.25) is 0 Å². The third-order valence-corrected chi connectivity index (χ3v) is 7.73. The SMILES string of the molecule is CC1CCCC(C)C1NC1CC2CCC1(C)C2(C)C. The smallest absolute Gasteiger partial charge is 0.0132 e. The Hall–Kier alpha value is -0.0400. The first-order valence-corrected chi connectivity index (χ1v) is 8.62. The molecule has 2 bridgehead atoms. The summed E-state index contributed by atoms with van der Waals surface area (Å²) in [6.07, 6.45) is 8.64. The minimum Gasteiger partial charge on any atom is -0.310 e. The van der Waals surface area contributed by atoms with E-state index in [9.17, 15) is 0 Å². The summed E-state index contributed by atoms with van der Waals surface area (Å²) in [4.78, 5) is 0. The largest absolute Gasteiger partial charge is 0.310 e. The predicted octanol–water partition coefficient (Wildman–Crippen LogP) is 4.62. The third-order valence-electron chi connectivity index (χ3n) is 7.73. The van der Waals surface area contributed by atoms with Gasteiger partial charge in [0.15, 0.2) is 0 Å². The summed E-state index contributed by atoms with van der Waals surface area (Å²) in [7, 11) is 0. The molecule has 0 radical (unpaired) electrons. The first kappa shape index (κ1) is 13.9. The predicted molar refractivity (Wildman–Crippen MR) is 82.1 cm³/mol. The van der Waals surface area contributed by atoms with Crippen LogP contribution < -0.4 is 5.32 Å². The van der Waals surface area contributed by atoms with Gasteiger partial charge in [0.2, 0.25) is 0 Å². The van der Waals surface area contributed by atoms with Gasteiger partial charge < -0.3 is 5.32 Å². The summed E-state index contributed by atoms with van der Waals surface area (Å²) in [5.41, 5.74) is 1.08. The summed E-state index contributed by atoms with van der Waals surface area (Å²) in [5.74, 6) is 2.70. The fraction of sp³-hybridized carbons (Fsp3) is 1.00. The van der Waals surface area contributed by atoms with E-state index in [1.165, 1.54) is 38.5 Å². The third kappa shape index (κ3) is 1.91. The summed E-state index contributed by atoms with van der Waals surface area (Å²) in [6, 6.07) is 1.54. The average Bonchev–Trinajstić information content (AvgIpc) is 2.67. The van der Waals surface area contributed by atoms with E-state index >= 15 is 0 Å². The molecule has 1 N–H and O–H groups in total. The number of hydrogen-bond acceptors (Lipinski definition) is 1. The van der Waals surface area contributed by atoms with Gasteiger partial charge in [-0.3, -0.25) is 0 Å². The van der Waals surface area contributed by atoms with Gasteiger partial charge in [0.05, 0.1) is 0 Å². The Morgan fingerprint density at radius 1 is 0.947 bits per heavy atom. The molecule has 3 fully saturated rings. The van der Waals surface area contributed by atoms with E-state index in [1.54, 1.807) is 0 Å². The topological polar surface area (TPSA) is 12.0 Å². The molecule has 3 aliphatic carbocycles. The Morgan fingerprint density at radius 2 is 1.58 bits per heavy atom. The molecule has 0 saturated heterocycles. The Bertz CT molecular complexity index is 338. The number of hydrogen-bond donors (Lipinski definition) is 1. The van der Waals surface area contributed by atoms with Gasteiger partial charge in [-0.2, -0.15) is 0 Å². The lowest BCUT2D eigenvalue weighted by Gasteiger charge is -2.44. The van der Waals surface area contributed by atoms with E-state index in [-0.39, 0.29) is 0 Å². The molecule has 110 valence electrons. The van der Waals surface area contributed by atoms with Gasteiger partial charge in [0.25, 0.3) is 0 Å². The van der Waals surface area contributed by atoms with E-state index in [0.29, 0.717) is 10.8 Å². The molecule has 0 aliphatic heterocycles. The molecule has 3 saturated carbocycles. The summed E-state index contributed by atoms with van der Waals surface area (Å²) >= 11 is 0. The molecular formula is C18H33N.